The van der Waals surface area contributed by atoms with E-state index in [0.29, 0.717) is 25.1 Å². The van der Waals surface area contributed by atoms with Gasteiger partial charge in [0, 0.05) is 36.0 Å². The Morgan fingerprint density at radius 1 is 1.05 bits per heavy atom. The van der Waals surface area contributed by atoms with Crippen molar-refractivity contribution in [3.05, 3.63) is 83.7 Å². The van der Waals surface area contributed by atoms with Crippen molar-refractivity contribution in [3.8, 4) is 16.9 Å². The summed E-state index contributed by atoms with van der Waals surface area (Å²) in [7, 11) is 2.99. The summed E-state index contributed by atoms with van der Waals surface area (Å²) in [6, 6.07) is 17.1. The lowest BCUT2D eigenvalue weighted by Gasteiger charge is -2.34. The molecule has 2 atom stereocenters. The van der Waals surface area contributed by atoms with E-state index in [2.05, 4.69) is 5.32 Å². The van der Waals surface area contributed by atoms with Crippen molar-refractivity contribution in [2.24, 2.45) is 5.92 Å². The molecule has 1 aromatic heterocycles. The third-order valence-electron chi connectivity index (χ3n) is 7.93. The molecule has 5 rings (SSSR count). The number of nitrogens with one attached hydrogen (secondary N) is 1. The largest absolute Gasteiger partial charge is 0.497 e. The van der Waals surface area contributed by atoms with Crippen molar-refractivity contribution in [1.29, 1.82) is 0 Å². The zero-order chi connectivity index (χ0) is 28.9. The van der Waals surface area contributed by atoms with Crippen LogP contribution in [0.1, 0.15) is 55.5 Å². The summed E-state index contributed by atoms with van der Waals surface area (Å²) in [5.74, 6) is 0.0658. The number of methoxy groups -OCH3 is 2. The second kappa shape index (κ2) is 12.4. The van der Waals surface area contributed by atoms with Crippen molar-refractivity contribution < 1.29 is 23.9 Å². The first-order valence-corrected chi connectivity index (χ1v) is 14.0. The number of amides is 2. The fourth-order valence-electron chi connectivity index (χ4n) is 5.58. The summed E-state index contributed by atoms with van der Waals surface area (Å²) in [6.45, 7) is 2.49. The molecule has 2 aromatic carbocycles. The van der Waals surface area contributed by atoms with Gasteiger partial charge in [0.05, 0.1) is 32.4 Å². The molecule has 0 saturated carbocycles. The second-order valence-electron chi connectivity index (χ2n) is 10.6. The highest BCUT2D eigenvalue weighted by Gasteiger charge is 2.30. The summed E-state index contributed by atoms with van der Waals surface area (Å²) in [5.41, 5.74) is 5.88. The van der Waals surface area contributed by atoms with Crippen molar-refractivity contribution >= 4 is 29.0 Å². The van der Waals surface area contributed by atoms with Crippen LogP contribution in [0.25, 0.3) is 16.7 Å². The fourth-order valence-corrected chi connectivity index (χ4v) is 5.58. The molecular formula is C33H35N3O5. The first kappa shape index (κ1) is 28.1. The number of rotatable bonds is 5. The Bertz CT molecular complexity index is 1500. The number of carbonyl (C=O) groups is 3. The zero-order valence-corrected chi connectivity index (χ0v) is 23.7. The van der Waals surface area contributed by atoms with Crippen LogP contribution in [0.15, 0.2) is 66.9 Å². The van der Waals surface area contributed by atoms with Gasteiger partial charge >= 0.3 is 5.97 Å². The van der Waals surface area contributed by atoms with Gasteiger partial charge in [0.2, 0.25) is 11.8 Å². The summed E-state index contributed by atoms with van der Waals surface area (Å²) in [6.07, 6.45) is 6.45. The number of anilines is 1. The Labute approximate surface area is 240 Å². The van der Waals surface area contributed by atoms with E-state index in [-0.39, 0.29) is 36.2 Å². The lowest BCUT2D eigenvalue weighted by atomic mass is 9.92. The van der Waals surface area contributed by atoms with Gasteiger partial charge in [0.15, 0.2) is 0 Å². The molecule has 2 amide bonds. The number of fused-ring (bicyclic) bond motifs is 4. The molecule has 0 radical (unpaired) electrons. The summed E-state index contributed by atoms with van der Waals surface area (Å²) >= 11 is 0. The SMILES string of the molecule is COC(=O)Cc1ccc2c(c1)NC(=O)[C@H](C)CCC[C@H](N1CCC(c3cccc(OC)c3)=CC1=O)c1cc-2ccn1. The van der Waals surface area contributed by atoms with Gasteiger partial charge in [0.25, 0.3) is 0 Å². The summed E-state index contributed by atoms with van der Waals surface area (Å²) in [5, 5.41) is 3.09. The molecule has 0 fully saturated rings. The van der Waals surface area contributed by atoms with Gasteiger partial charge < -0.3 is 19.7 Å². The van der Waals surface area contributed by atoms with Crippen molar-refractivity contribution in [2.45, 2.75) is 45.1 Å². The highest BCUT2D eigenvalue weighted by atomic mass is 16.5. The highest BCUT2D eigenvalue weighted by Crippen LogP contribution is 2.36. The van der Waals surface area contributed by atoms with E-state index in [4.69, 9.17) is 14.5 Å². The average molecular weight is 554 g/mol. The standard InChI is InChI=1S/C33H35N3O5/c1-21-6-4-9-30(36-15-13-24(20-31(36)37)23-7-5-8-26(18-23)40-2)29-19-25(12-14-34-29)27-11-10-22(17-32(38)41-3)16-28(27)35-33(21)39/h5,7-8,10-12,14,16,18-21,30H,4,6,9,13,15,17H2,1-3H3,(H,35,39)/t21-,30+/m1/s1. The molecule has 3 heterocycles. The predicted molar refractivity (Wildman–Crippen MR) is 157 cm³/mol. The molecule has 41 heavy (non-hydrogen) atoms. The quantitative estimate of drug-likeness (QED) is 0.414. The van der Waals surface area contributed by atoms with Crippen LogP contribution in [0, 0.1) is 5.92 Å². The number of hydrogen-bond acceptors (Lipinski definition) is 6. The Kier molecular flexibility index (Phi) is 8.47. The van der Waals surface area contributed by atoms with E-state index in [9.17, 15) is 14.4 Å². The average Bonchev–Trinajstić information content (AvgIpc) is 2.99. The van der Waals surface area contributed by atoms with E-state index in [1.807, 2.05) is 66.4 Å². The third-order valence-corrected chi connectivity index (χ3v) is 7.93. The van der Waals surface area contributed by atoms with Crippen LogP contribution < -0.4 is 10.1 Å². The number of esters is 1. The molecule has 0 saturated heterocycles. The predicted octanol–water partition coefficient (Wildman–Crippen LogP) is 5.59. The molecule has 2 bridgehead atoms. The monoisotopic (exact) mass is 553 g/mol. The van der Waals surface area contributed by atoms with Crippen molar-refractivity contribution in [1.82, 2.24) is 9.88 Å². The van der Waals surface area contributed by atoms with E-state index in [1.165, 1.54) is 7.11 Å². The van der Waals surface area contributed by atoms with Crippen molar-refractivity contribution in [2.75, 3.05) is 26.1 Å². The topological polar surface area (TPSA) is 97.8 Å². The van der Waals surface area contributed by atoms with Crippen LogP contribution in [0.3, 0.4) is 0 Å². The Morgan fingerprint density at radius 2 is 1.90 bits per heavy atom. The molecule has 0 spiro atoms. The smallest absolute Gasteiger partial charge is 0.309 e. The number of aromatic nitrogens is 1. The highest BCUT2D eigenvalue weighted by molar-refractivity contribution is 5.98. The third kappa shape index (κ3) is 6.32. The van der Waals surface area contributed by atoms with Gasteiger partial charge in [-0.05, 0) is 71.9 Å². The van der Waals surface area contributed by atoms with Crippen LogP contribution >= 0.6 is 0 Å². The molecule has 1 N–H and O–H groups in total. The van der Waals surface area contributed by atoms with Crippen LogP contribution in [-0.2, 0) is 25.5 Å². The second-order valence-corrected chi connectivity index (χ2v) is 10.6. The minimum atomic E-state index is -0.346. The number of hydrogen-bond donors (Lipinski definition) is 1. The molecule has 2 aliphatic rings. The first-order chi connectivity index (χ1) is 19.9. The van der Waals surface area contributed by atoms with E-state index in [1.54, 1.807) is 19.4 Å². The molecule has 0 unspecified atom stereocenters. The van der Waals surface area contributed by atoms with Gasteiger partial charge in [-0.1, -0.05) is 37.6 Å². The molecule has 8 heteroatoms. The van der Waals surface area contributed by atoms with Crippen LogP contribution in [-0.4, -0.2) is 48.4 Å². The van der Waals surface area contributed by atoms with Gasteiger partial charge in [-0.15, -0.1) is 0 Å². The molecule has 8 nitrogen and oxygen atoms in total. The molecule has 2 aliphatic heterocycles. The summed E-state index contributed by atoms with van der Waals surface area (Å²) in [4.78, 5) is 45.2. The number of ether oxygens (including phenoxy) is 2. The number of nitrogens with zero attached hydrogens (tertiary/aromatic N) is 2. The summed E-state index contributed by atoms with van der Waals surface area (Å²) < 4.78 is 10.2. The van der Waals surface area contributed by atoms with E-state index >= 15 is 0 Å². The number of benzene rings is 2. The Morgan fingerprint density at radius 3 is 2.68 bits per heavy atom. The maximum Gasteiger partial charge on any atom is 0.309 e. The van der Waals surface area contributed by atoms with Crippen LogP contribution in [0.4, 0.5) is 5.69 Å². The van der Waals surface area contributed by atoms with Crippen LogP contribution in [0.5, 0.6) is 5.75 Å². The van der Waals surface area contributed by atoms with Crippen LogP contribution in [0.2, 0.25) is 0 Å². The van der Waals surface area contributed by atoms with Gasteiger partial charge in [0.1, 0.15) is 5.75 Å². The minimum absolute atomic E-state index is 0.0444. The zero-order valence-electron chi connectivity index (χ0n) is 23.7. The normalized spacial score (nSPS) is 19.2. The Hall–Kier alpha value is -4.46. The van der Waals surface area contributed by atoms with Crippen molar-refractivity contribution in [3.63, 3.8) is 0 Å². The van der Waals surface area contributed by atoms with E-state index < -0.39 is 0 Å². The molecule has 3 aromatic rings. The molecule has 212 valence electrons. The first-order valence-electron chi connectivity index (χ1n) is 14.0. The lowest BCUT2D eigenvalue weighted by Crippen LogP contribution is -2.38. The molecule has 0 aliphatic carbocycles. The van der Waals surface area contributed by atoms with Gasteiger partial charge in [-0.2, -0.15) is 0 Å². The number of carbonyl (C=O) groups excluding carboxylic acids is 3. The molecular weight excluding hydrogens is 518 g/mol. The van der Waals surface area contributed by atoms with Gasteiger partial charge in [-0.3, -0.25) is 19.4 Å². The minimum Gasteiger partial charge on any atom is -0.497 e. The van der Waals surface area contributed by atoms with E-state index in [0.717, 1.165) is 52.1 Å². The number of pyridine rings is 1. The van der Waals surface area contributed by atoms with Gasteiger partial charge in [-0.25, -0.2) is 0 Å². The maximum atomic E-state index is 13.6. The lowest BCUT2D eigenvalue weighted by molar-refractivity contribution is -0.139. The Balaban J connectivity index is 1.50. The fraction of sp³-hybridized carbons (Fsp3) is 0.333. The maximum absolute atomic E-state index is 13.6.